The Morgan fingerprint density at radius 1 is 1.12 bits per heavy atom. The summed E-state index contributed by atoms with van der Waals surface area (Å²) in [4.78, 5) is 10.2. The Bertz CT molecular complexity index is 1410. The van der Waals surface area contributed by atoms with Crippen molar-refractivity contribution in [3.63, 3.8) is 0 Å². The maximum absolute atomic E-state index is 6.20. The first-order valence-corrected chi connectivity index (χ1v) is 12.6. The van der Waals surface area contributed by atoms with Gasteiger partial charge in [0, 0.05) is 36.6 Å². The molecule has 0 radical (unpaired) electrons. The van der Waals surface area contributed by atoms with E-state index in [1.807, 2.05) is 24.4 Å². The van der Waals surface area contributed by atoms with Crippen LogP contribution in [0.4, 0.5) is 0 Å². The van der Waals surface area contributed by atoms with E-state index in [9.17, 15) is 0 Å². The average Bonchev–Trinajstić information content (AvgIpc) is 3.65. The Hall–Kier alpha value is -3.15. The van der Waals surface area contributed by atoms with Gasteiger partial charge in [0.15, 0.2) is 5.76 Å². The van der Waals surface area contributed by atoms with Crippen molar-refractivity contribution in [3.05, 3.63) is 40.5 Å². The fraction of sp³-hybridized carbons (Fsp3) is 0.348. The molecule has 5 heterocycles. The normalized spacial score (nSPS) is 14.8. The van der Waals surface area contributed by atoms with Gasteiger partial charge in [-0.2, -0.15) is 0 Å². The van der Waals surface area contributed by atoms with E-state index in [1.165, 1.54) is 11.3 Å². The minimum atomic E-state index is 0.367. The minimum Gasteiger partial charge on any atom is -0.496 e. The molecule has 1 fully saturated rings. The Kier molecular flexibility index (Phi) is 5.60. The fourth-order valence-electron chi connectivity index (χ4n) is 4.00. The van der Waals surface area contributed by atoms with E-state index in [0.29, 0.717) is 46.3 Å². The Morgan fingerprint density at radius 2 is 2.00 bits per heavy atom. The third-order valence-electron chi connectivity index (χ3n) is 5.78. The highest BCUT2D eigenvalue weighted by Gasteiger charge is 2.20. The summed E-state index contributed by atoms with van der Waals surface area (Å²) in [7, 11) is 3.21. The number of rotatable bonds is 7. The molecule has 11 heteroatoms. The number of nitrogens with zero attached hydrogens (tertiary/aromatic N) is 4. The summed E-state index contributed by atoms with van der Waals surface area (Å²) in [6.45, 7) is 1.98. The standard InChI is InChI=1S/C23H22N4O5S2/c1-28-15-7-18(31-11-14-12-33-21(24-14)13-3-5-30-6-4-13)16-9-20(32-19(16)8-15)17-10-27-22(25-17)34-23(26-27)29-2/h7-10,12-13H,3-6,11H2,1-2H3. The molecule has 0 spiro atoms. The molecule has 1 aliphatic rings. The van der Waals surface area contributed by atoms with E-state index >= 15 is 0 Å². The van der Waals surface area contributed by atoms with Gasteiger partial charge in [-0.3, -0.25) is 0 Å². The molecule has 0 aliphatic carbocycles. The molecule has 5 aromatic rings. The van der Waals surface area contributed by atoms with E-state index in [0.717, 1.165) is 47.1 Å². The minimum absolute atomic E-state index is 0.367. The number of methoxy groups -OCH3 is 2. The first-order chi connectivity index (χ1) is 16.7. The molecule has 176 valence electrons. The third-order valence-corrected chi connectivity index (χ3v) is 7.72. The number of fused-ring (bicyclic) bond motifs is 2. The smallest absolute Gasteiger partial charge is 0.294 e. The van der Waals surface area contributed by atoms with Crippen molar-refractivity contribution in [2.45, 2.75) is 25.4 Å². The second-order valence-electron chi connectivity index (χ2n) is 7.93. The van der Waals surface area contributed by atoms with E-state index in [-0.39, 0.29) is 0 Å². The molecule has 0 unspecified atom stereocenters. The van der Waals surface area contributed by atoms with Gasteiger partial charge < -0.3 is 23.4 Å². The molecule has 0 bridgehead atoms. The van der Waals surface area contributed by atoms with Gasteiger partial charge >= 0.3 is 0 Å². The van der Waals surface area contributed by atoms with Crippen molar-refractivity contribution in [1.29, 1.82) is 0 Å². The largest absolute Gasteiger partial charge is 0.496 e. The van der Waals surface area contributed by atoms with E-state index in [2.05, 4.69) is 15.5 Å². The predicted octanol–water partition coefficient (Wildman–Crippen LogP) is 5.15. The molecule has 34 heavy (non-hydrogen) atoms. The Balaban J connectivity index is 1.27. The van der Waals surface area contributed by atoms with Crippen LogP contribution >= 0.6 is 22.7 Å². The summed E-state index contributed by atoms with van der Waals surface area (Å²) in [5.41, 5.74) is 2.26. The number of imidazole rings is 1. The van der Waals surface area contributed by atoms with Crippen molar-refractivity contribution in [2.75, 3.05) is 27.4 Å². The SMILES string of the molecule is COc1cc(OCc2csc(C3CCOCC3)n2)c2cc(-c3cn4nc(OC)sc4n3)oc2c1. The molecule has 4 aromatic heterocycles. The van der Waals surface area contributed by atoms with Gasteiger partial charge in [0.25, 0.3) is 5.19 Å². The first-order valence-electron chi connectivity index (χ1n) is 10.9. The number of hydrogen-bond donors (Lipinski definition) is 0. The molecule has 0 saturated carbocycles. The average molecular weight is 499 g/mol. The highest BCUT2D eigenvalue weighted by atomic mass is 32.1. The lowest BCUT2D eigenvalue weighted by molar-refractivity contribution is 0.0852. The highest BCUT2D eigenvalue weighted by Crippen LogP contribution is 2.38. The van der Waals surface area contributed by atoms with Crippen LogP contribution in [-0.4, -0.2) is 47.0 Å². The molecule has 0 N–H and O–H groups in total. The third kappa shape index (κ3) is 3.99. The molecule has 9 nitrogen and oxygen atoms in total. The maximum atomic E-state index is 6.20. The van der Waals surface area contributed by atoms with Crippen LogP contribution in [-0.2, 0) is 11.3 Å². The molecular weight excluding hydrogens is 476 g/mol. The van der Waals surface area contributed by atoms with Crippen LogP contribution in [0.2, 0.25) is 0 Å². The summed E-state index contributed by atoms with van der Waals surface area (Å²) < 4.78 is 30.1. The van der Waals surface area contributed by atoms with Crippen molar-refractivity contribution in [1.82, 2.24) is 19.6 Å². The monoisotopic (exact) mass is 498 g/mol. The predicted molar refractivity (Wildman–Crippen MR) is 128 cm³/mol. The second-order valence-corrected chi connectivity index (χ2v) is 9.73. The topological polar surface area (TPSA) is 93.1 Å². The van der Waals surface area contributed by atoms with Gasteiger partial charge in [0.05, 0.1) is 36.5 Å². The van der Waals surface area contributed by atoms with Crippen molar-refractivity contribution < 1.29 is 23.4 Å². The van der Waals surface area contributed by atoms with Crippen LogP contribution < -0.4 is 14.2 Å². The van der Waals surface area contributed by atoms with Gasteiger partial charge in [-0.15, -0.1) is 16.4 Å². The van der Waals surface area contributed by atoms with Gasteiger partial charge in [-0.25, -0.2) is 14.5 Å². The lowest BCUT2D eigenvalue weighted by Crippen LogP contribution is -2.14. The molecule has 1 aliphatic heterocycles. The Morgan fingerprint density at radius 3 is 2.79 bits per heavy atom. The number of hydrogen-bond acceptors (Lipinski definition) is 10. The van der Waals surface area contributed by atoms with Crippen molar-refractivity contribution >= 4 is 38.6 Å². The first kappa shape index (κ1) is 21.4. The molecule has 1 saturated heterocycles. The maximum Gasteiger partial charge on any atom is 0.294 e. The van der Waals surface area contributed by atoms with Crippen LogP contribution in [0, 0.1) is 0 Å². The quantitative estimate of drug-likeness (QED) is 0.304. The number of aromatic nitrogens is 4. The highest BCUT2D eigenvalue weighted by molar-refractivity contribution is 7.18. The van der Waals surface area contributed by atoms with Crippen LogP contribution in [0.5, 0.6) is 16.7 Å². The van der Waals surface area contributed by atoms with Crippen LogP contribution in [0.25, 0.3) is 27.4 Å². The van der Waals surface area contributed by atoms with Crippen molar-refractivity contribution in [3.8, 4) is 28.1 Å². The molecular formula is C23H22N4O5S2. The van der Waals surface area contributed by atoms with Crippen molar-refractivity contribution in [2.24, 2.45) is 0 Å². The number of furan rings is 1. The van der Waals surface area contributed by atoms with Crippen LogP contribution in [0.1, 0.15) is 29.5 Å². The second kappa shape index (κ2) is 8.90. The van der Waals surface area contributed by atoms with Gasteiger partial charge in [-0.1, -0.05) is 0 Å². The van der Waals surface area contributed by atoms with Crippen LogP contribution in [0.15, 0.2) is 34.2 Å². The zero-order chi connectivity index (χ0) is 23.1. The van der Waals surface area contributed by atoms with Crippen LogP contribution in [0.3, 0.4) is 0 Å². The summed E-state index contributed by atoms with van der Waals surface area (Å²) in [6.07, 6.45) is 3.86. The summed E-state index contributed by atoms with van der Waals surface area (Å²) in [5.74, 6) is 2.43. The molecule has 0 amide bonds. The number of benzene rings is 1. The number of ether oxygens (including phenoxy) is 4. The lowest BCUT2D eigenvalue weighted by atomic mass is 10.0. The van der Waals surface area contributed by atoms with E-state index < -0.39 is 0 Å². The Labute approximate surface area is 202 Å². The molecule has 1 aromatic carbocycles. The van der Waals surface area contributed by atoms with Gasteiger partial charge in [0.1, 0.15) is 29.4 Å². The van der Waals surface area contributed by atoms with E-state index in [1.54, 1.807) is 30.1 Å². The zero-order valence-corrected chi connectivity index (χ0v) is 20.3. The number of thiazole rings is 1. The fourth-order valence-corrected chi connectivity index (χ4v) is 5.68. The summed E-state index contributed by atoms with van der Waals surface area (Å²) in [5, 5.41) is 8.96. The summed E-state index contributed by atoms with van der Waals surface area (Å²) >= 11 is 3.06. The van der Waals surface area contributed by atoms with E-state index in [4.69, 9.17) is 28.3 Å². The lowest BCUT2D eigenvalue weighted by Gasteiger charge is -2.19. The molecule has 0 atom stereocenters. The zero-order valence-electron chi connectivity index (χ0n) is 18.6. The van der Waals surface area contributed by atoms with Gasteiger partial charge in [0.2, 0.25) is 4.96 Å². The van der Waals surface area contributed by atoms with Gasteiger partial charge in [-0.05, 0) is 30.2 Å². The summed E-state index contributed by atoms with van der Waals surface area (Å²) in [6, 6.07) is 5.64. The molecule has 6 rings (SSSR count).